The maximum Gasteiger partial charge on any atom is 0.225 e. The van der Waals surface area contributed by atoms with Crippen molar-refractivity contribution >= 4 is 0 Å². The third-order valence-electron chi connectivity index (χ3n) is 5.08. The van der Waals surface area contributed by atoms with Crippen molar-refractivity contribution in [2.75, 3.05) is 6.61 Å². The molecule has 0 amide bonds. The molecule has 2 aromatic heterocycles. The van der Waals surface area contributed by atoms with Gasteiger partial charge in [-0.2, -0.15) is 4.98 Å². The fraction of sp³-hybridized carbons (Fsp3) is 0.185. The number of hydrogen-bond acceptors (Lipinski definition) is 5. The summed E-state index contributed by atoms with van der Waals surface area (Å²) in [6.45, 7) is 2.86. The predicted molar refractivity (Wildman–Crippen MR) is 125 cm³/mol. The summed E-state index contributed by atoms with van der Waals surface area (Å²) in [4.78, 5) is 9.29. The molecule has 0 bridgehead atoms. The van der Waals surface area contributed by atoms with E-state index in [1.54, 1.807) is 0 Å². The largest absolute Gasteiger partial charge is 0.473 e. The summed E-state index contributed by atoms with van der Waals surface area (Å²) >= 11 is 0. The molecule has 0 unspecified atom stereocenters. The van der Waals surface area contributed by atoms with Crippen molar-refractivity contribution in [3.63, 3.8) is 0 Å². The van der Waals surface area contributed by atoms with E-state index >= 15 is 0 Å². The first-order valence-corrected chi connectivity index (χ1v) is 10.6. The standard InChI is InChI=1S/C27H26N2O3/c1-20-24(13-12-23(28-20)16-17-30)25-14-15-26(31-18-21-8-4-2-5-9-21)29-27(25)32-19-22-10-6-3-7-11-22/h2-15,30H,16-19H2,1H3. The SMILES string of the molecule is Cc1nc(CCO)ccc1-c1ccc(OCc2ccccc2)nc1OCc1ccccc1. The highest BCUT2D eigenvalue weighted by atomic mass is 16.5. The van der Waals surface area contributed by atoms with Gasteiger partial charge in [-0.25, -0.2) is 0 Å². The molecule has 0 aliphatic rings. The Morgan fingerprint density at radius 3 is 1.94 bits per heavy atom. The Kier molecular flexibility index (Phi) is 7.10. The Balaban J connectivity index is 1.62. The topological polar surface area (TPSA) is 64.5 Å². The molecular weight excluding hydrogens is 400 g/mol. The summed E-state index contributed by atoms with van der Waals surface area (Å²) < 4.78 is 12.1. The lowest BCUT2D eigenvalue weighted by atomic mass is 10.0. The number of nitrogens with zero attached hydrogens (tertiary/aromatic N) is 2. The van der Waals surface area contributed by atoms with Crippen LogP contribution in [0.2, 0.25) is 0 Å². The highest BCUT2D eigenvalue weighted by molar-refractivity contribution is 5.71. The van der Waals surface area contributed by atoms with Gasteiger partial charge < -0.3 is 14.6 Å². The van der Waals surface area contributed by atoms with E-state index in [0.29, 0.717) is 31.4 Å². The molecule has 0 spiro atoms. The fourth-order valence-corrected chi connectivity index (χ4v) is 3.43. The first-order chi connectivity index (χ1) is 15.7. The van der Waals surface area contributed by atoms with E-state index in [1.165, 1.54) is 0 Å². The average molecular weight is 427 g/mol. The van der Waals surface area contributed by atoms with Crippen LogP contribution in [0.15, 0.2) is 84.9 Å². The molecule has 5 nitrogen and oxygen atoms in total. The maximum atomic E-state index is 9.20. The fourth-order valence-electron chi connectivity index (χ4n) is 3.43. The van der Waals surface area contributed by atoms with Gasteiger partial charge in [-0.1, -0.05) is 66.7 Å². The normalized spacial score (nSPS) is 10.7. The van der Waals surface area contributed by atoms with Gasteiger partial charge in [0.25, 0.3) is 0 Å². The summed E-state index contributed by atoms with van der Waals surface area (Å²) in [5.74, 6) is 1.00. The van der Waals surface area contributed by atoms with Crippen molar-refractivity contribution in [1.82, 2.24) is 9.97 Å². The molecule has 0 fully saturated rings. The van der Waals surface area contributed by atoms with Gasteiger partial charge in [-0.05, 0) is 30.2 Å². The van der Waals surface area contributed by atoms with E-state index in [9.17, 15) is 5.11 Å². The van der Waals surface area contributed by atoms with Gasteiger partial charge in [0.2, 0.25) is 11.8 Å². The van der Waals surface area contributed by atoms with Crippen molar-refractivity contribution in [1.29, 1.82) is 0 Å². The summed E-state index contributed by atoms with van der Waals surface area (Å²) in [5, 5.41) is 9.20. The summed E-state index contributed by atoms with van der Waals surface area (Å²) in [7, 11) is 0. The van der Waals surface area contributed by atoms with Crippen LogP contribution in [0.3, 0.4) is 0 Å². The second kappa shape index (κ2) is 10.6. The highest BCUT2D eigenvalue weighted by Gasteiger charge is 2.14. The Labute approximate surface area is 188 Å². The van der Waals surface area contributed by atoms with E-state index in [2.05, 4.69) is 9.97 Å². The molecule has 0 atom stereocenters. The first-order valence-electron chi connectivity index (χ1n) is 10.6. The number of aliphatic hydroxyl groups is 1. The molecule has 2 heterocycles. The lowest BCUT2D eigenvalue weighted by Gasteiger charge is -2.15. The zero-order valence-electron chi connectivity index (χ0n) is 18.1. The van der Waals surface area contributed by atoms with Crippen molar-refractivity contribution in [2.24, 2.45) is 0 Å². The van der Waals surface area contributed by atoms with Gasteiger partial charge in [0.1, 0.15) is 13.2 Å². The Hall–Kier alpha value is -3.70. The van der Waals surface area contributed by atoms with Gasteiger partial charge in [0.05, 0.1) is 0 Å². The number of ether oxygens (including phenoxy) is 2. The van der Waals surface area contributed by atoms with E-state index < -0.39 is 0 Å². The number of benzene rings is 2. The molecule has 0 saturated heterocycles. The zero-order chi connectivity index (χ0) is 22.2. The van der Waals surface area contributed by atoms with E-state index in [0.717, 1.165) is 33.6 Å². The quantitative estimate of drug-likeness (QED) is 0.401. The van der Waals surface area contributed by atoms with Crippen LogP contribution in [0.5, 0.6) is 11.8 Å². The third-order valence-corrected chi connectivity index (χ3v) is 5.08. The number of aliphatic hydroxyl groups excluding tert-OH is 1. The molecule has 2 aromatic carbocycles. The van der Waals surface area contributed by atoms with Crippen LogP contribution in [0.4, 0.5) is 0 Å². The molecule has 32 heavy (non-hydrogen) atoms. The van der Waals surface area contributed by atoms with Gasteiger partial charge in [0, 0.05) is 41.6 Å². The van der Waals surface area contributed by atoms with Crippen LogP contribution >= 0.6 is 0 Å². The Morgan fingerprint density at radius 1 is 0.688 bits per heavy atom. The third kappa shape index (κ3) is 5.50. The van der Waals surface area contributed by atoms with Crippen molar-refractivity contribution in [2.45, 2.75) is 26.6 Å². The predicted octanol–water partition coefficient (Wildman–Crippen LogP) is 5.14. The van der Waals surface area contributed by atoms with Crippen molar-refractivity contribution in [3.05, 3.63) is 107 Å². The molecule has 0 radical (unpaired) electrons. The lowest BCUT2D eigenvalue weighted by Crippen LogP contribution is -2.03. The molecule has 4 aromatic rings. The summed E-state index contributed by atoms with van der Waals surface area (Å²) in [6, 6.07) is 27.7. The molecule has 0 aliphatic carbocycles. The lowest BCUT2D eigenvalue weighted by molar-refractivity contribution is 0.268. The van der Waals surface area contributed by atoms with Gasteiger partial charge in [-0.15, -0.1) is 0 Å². The Morgan fingerprint density at radius 2 is 1.31 bits per heavy atom. The molecule has 162 valence electrons. The summed E-state index contributed by atoms with van der Waals surface area (Å²) in [6.07, 6.45) is 0.531. The molecular formula is C27H26N2O3. The van der Waals surface area contributed by atoms with Gasteiger partial charge in [0.15, 0.2) is 0 Å². The minimum Gasteiger partial charge on any atom is -0.473 e. The first kappa shape index (κ1) is 21.5. The van der Waals surface area contributed by atoms with Crippen LogP contribution in [0, 0.1) is 6.92 Å². The van der Waals surface area contributed by atoms with Crippen LogP contribution < -0.4 is 9.47 Å². The maximum absolute atomic E-state index is 9.20. The van der Waals surface area contributed by atoms with E-state index in [1.807, 2.05) is 91.9 Å². The molecule has 0 aliphatic heterocycles. The van der Waals surface area contributed by atoms with Crippen LogP contribution in [-0.2, 0) is 19.6 Å². The minimum atomic E-state index is 0.0756. The van der Waals surface area contributed by atoms with E-state index in [4.69, 9.17) is 9.47 Å². The Bertz CT molecular complexity index is 1150. The van der Waals surface area contributed by atoms with Crippen LogP contribution in [0.25, 0.3) is 11.1 Å². The number of rotatable bonds is 9. The number of aromatic nitrogens is 2. The second-order valence-electron chi connectivity index (χ2n) is 7.46. The molecule has 5 heteroatoms. The van der Waals surface area contributed by atoms with Crippen molar-refractivity contribution < 1.29 is 14.6 Å². The van der Waals surface area contributed by atoms with Gasteiger partial charge in [-0.3, -0.25) is 4.98 Å². The molecule has 4 rings (SSSR count). The smallest absolute Gasteiger partial charge is 0.225 e. The number of pyridine rings is 2. The minimum absolute atomic E-state index is 0.0756. The van der Waals surface area contributed by atoms with Gasteiger partial charge >= 0.3 is 0 Å². The average Bonchev–Trinajstić information content (AvgIpc) is 2.83. The second-order valence-corrected chi connectivity index (χ2v) is 7.46. The summed E-state index contributed by atoms with van der Waals surface area (Å²) in [5.41, 5.74) is 5.65. The van der Waals surface area contributed by atoms with Crippen LogP contribution in [0.1, 0.15) is 22.5 Å². The number of hydrogen-bond donors (Lipinski definition) is 1. The monoisotopic (exact) mass is 426 g/mol. The van der Waals surface area contributed by atoms with Crippen molar-refractivity contribution in [3.8, 4) is 22.9 Å². The number of aryl methyl sites for hydroxylation is 1. The molecule has 1 N–H and O–H groups in total. The van der Waals surface area contributed by atoms with E-state index in [-0.39, 0.29) is 6.61 Å². The highest BCUT2D eigenvalue weighted by Crippen LogP contribution is 2.33. The zero-order valence-corrected chi connectivity index (χ0v) is 18.1. The molecule has 0 saturated carbocycles. The van der Waals surface area contributed by atoms with Crippen LogP contribution in [-0.4, -0.2) is 21.7 Å².